The molecular formula is C23H24ClF3N2O3S. The van der Waals surface area contributed by atoms with Crippen molar-refractivity contribution < 1.29 is 27.4 Å². The lowest BCUT2D eigenvalue weighted by molar-refractivity contribution is -0.137. The second kappa shape index (κ2) is 9.85. The number of halogens is 4. The van der Waals surface area contributed by atoms with E-state index in [4.69, 9.17) is 21.1 Å². The minimum Gasteiger partial charge on any atom is -0.490 e. The molecule has 0 unspecified atom stereocenters. The molecule has 5 nitrogen and oxygen atoms in total. The van der Waals surface area contributed by atoms with Gasteiger partial charge in [-0.1, -0.05) is 23.7 Å². The summed E-state index contributed by atoms with van der Waals surface area (Å²) in [7, 11) is 0. The summed E-state index contributed by atoms with van der Waals surface area (Å²) in [4.78, 5) is 13.8. The molecule has 0 spiro atoms. The van der Waals surface area contributed by atoms with Gasteiger partial charge in [0.25, 0.3) is 0 Å². The zero-order valence-corrected chi connectivity index (χ0v) is 20.0. The third-order valence-electron chi connectivity index (χ3n) is 5.00. The summed E-state index contributed by atoms with van der Waals surface area (Å²) < 4.78 is 55.9. The largest absolute Gasteiger partial charge is 0.490 e. The van der Waals surface area contributed by atoms with Crippen molar-refractivity contribution in [3.63, 3.8) is 0 Å². The Kier molecular flexibility index (Phi) is 7.53. The van der Waals surface area contributed by atoms with Crippen LogP contribution >= 0.6 is 11.6 Å². The molecule has 1 heterocycles. The fraction of sp³-hybridized carbons (Fsp3) is 0.435. The van der Waals surface area contributed by atoms with Crippen LogP contribution in [0.3, 0.4) is 0 Å². The molecule has 1 aliphatic heterocycles. The summed E-state index contributed by atoms with van der Waals surface area (Å²) in [6.07, 6.45) is -4.04. The monoisotopic (exact) mass is 500 g/mol. The number of benzene rings is 2. The van der Waals surface area contributed by atoms with Gasteiger partial charge < -0.3 is 14.4 Å². The molecule has 0 radical (unpaired) electrons. The van der Waals surface area contributed by atoms with Crippen LogP contribution in [0.5, 0.6) is 5.75 Å². The number of carbonyl (C=O) groups is 1. The molecule has 0 aromatic heterocycles. The summed E-state index contributed by atoms with van der Waals surface area (Å²) in [6.45, 7) is 6.36. The molecule has 2 aromatic rings. The van der Waals surface area contributed by atoms with E-state index in [9.17, 15) is 18.0 Å². The highest BCUT2D eigenvalue weighted by Crippen LogP contribution is 2.44. The lowest BCUT2D eigenvalue weighted by Crippen LogP contribution is -2.44. The van der Waals surface area contributed by atoms with Crippen molar-refractivity contribution in [1.29, 1.82) is 0 Å². The standard InChI is InChI=1S/C23H24ClF3N2O3S/c1-22(2,3)32-21(30)29-9-7-16(8-10-29)31-17-6-4-5-14(11-17)20-18(23(25,26)27)12-15(28-33)13-19(20)24/h4-6,11-13,16H,7-10H2,1-3H3. The fourth-order valence-corrected chi connectivity index (χ4v) is 3.99. The number of piperidine rings is 1. The highest BCUT2D eigenvalue weighted by Gasteiger charge is 2.35. The number of hydrogen-bond donors (Lipinski definition) is 0. The maximum absolute atomic E-state index is 13.7. The van der Waals surface area contributed by atoms with Crippen molar-refractivity contribution in [1.82, 2.24) is 4.90 Å². The molecule has 33 heavy (non-hydrogen) atoms. The van der Waals surface area contributed by atoms with Gasteiger partial charge in [0.05, 0.1) is 16.3 Å². The van der Waals surface area contributed by atoms with Gasteiger partial charge in [0, 0.05) is 43.9 Å². The molecule has 1 fully saturated rings. The minimum absolute atomic E-state index is 0.0322. The fourth-order valence-electron chi connectivity index (χ4n) is 3.56. The van der Waals surface area contributed by atoms with Gasteiger partial charge in [-0.25, -0.2) is 4.79 Å². The SMILES string of the molecule is CC(C)(C)OC(=O)N1CCC(Oc2cccc(-c3c(Cl)cc(N=S)cc3C(F)(F)F)c2)CC1. The molecule has 178 valence electrons. The van der Waals surface area contributed by atoms with Crippen LogP contribution in [0.4, 0.5) is 23.7 Å². The number of hydrogen-bond acceptors (Lipinski definition) is 5. The summed E-state index contributed by atoms with van der Waals surface area (Å²) in [5.41, 5.74) is -1.40. The Bertz CT molecular complexity index is 1030. The van der Waals surface area contributed by atoms with Crippen LogP contribution in [-0.4, -0.2) is 35.8 Å². The van der Waals surface area contributed by atoms with Crippen molar-refractivity contribution in [2.24, 2.45) is 4.36 Å². The van der Waals surface area contributed by atoms with Crippen molar-refractivity contribution in [2.75, 3.05) is 13.1 Å². The van der Waals surface area contributed by atoms with Crippen molar-refractivity contribution in [3.8, 4) is 16.9 Å². The second-order valence-corrected chi connectivity index (χ2v) is 9.34. The number of alkyl halides is 3. The van der Waals surface area contributed by atoms with Gasteiger partial charge >= 0.3 is 12.3 Å². The topological polar surface area (TPSA) is 51.1 Å². The number of likely N-dealkylation sites (tertiary alicyclic amines) is 1. The Morgan fingerprint density at radius 2 is 1.82 bits per heavy atom. The normalized spacial score (nSPS) is 15.3. The van der Waals surface area contributed by atoms with Crippen LogP contribution in [0.15, 0.2) is 40.8 Å². The highest BCUT2D eigenvalue weighted by atomic mass is 35.5. The highest BCUT2D eigenvalue weighted by molar-refractivity contribution is 7.47. The summed E-state index contributed by atoms with van der Waals surface area (Å²) >= 11 is 10.7. The van der Waals surface area contributed by atoms with Crippen LogP contribution in [0, 0.1) is 0 Å². The van der Waals surface area contributed by atoms with Crippen LogP contribution in [-0.2, 0) is 23.3 Å². The molecule has 0 bridgehead atoms. The molecular weight excluding hydrogens is 477 g/mol. The molecule has 2 aromatic carbocycles. The van der Waals surface area contributed by atoms with Crippen LogP contribution in [0.25, 0.3) is 11.1 Å². The number of rotatable bonds is 4. The summed E-state index contributed by atoms with van der Waals surface area (Å²) in [5, 5.41) is -0.101. The molecule has 1 aliphatic rings. The van der Waals surface area contributed by atoms with E-state index >= 15 is 0 Å². The van der Waals surface area contributed by atoms with Gasteiger partial charge in [-0.3, -0.25) is 0 Å². The smallest absolute Gasteiger partial charge is 0.417 e. The Balaban J connectivity index is 1.76. The van der Waals surface area contributed by atoms with E-state index in [2.05, 4.69) is 16.8 Å². The van der Waals surface area contributed by atoms with Gasteiger partial charge in [-0.15, -0.1) is 0 Å². The average molecular weight is 501 g/mol. The van der Waals surface area contributed by atoms with Crippen LogP contribution in [0.1, 0.15) is 39.2 Å². The average Bonchev–Trinajstić information content (AvgIpc) is 2.72. The predicted molar refractivity (Wildman–Crippen MR) is 123 cm³/mol. The van der Waals surface area contributed by atoms with Crippen molar-refractivity contribution in [2.45, 2.75) is 51.5 Å². The van der Waals surface area contributed by atoms with Gasteiger partial charge in [0.2, 0.25) is 0 Å². The Labute approximate surface area is 201 Å². The van der Waals surface area contributed by atoms with E-state index in [1.165, 1.54) is 12.1 Å². The third-order valence-corrected chi connectivity index (χ3v) is 5.51. The van der Waals surface area contributed by atoms with E-state index in [0.717, 1.165) is 6.07 Å². The number of nitrogens with zero attached hydrogens (tertiary/aromatic N) is 2. The first kappa shape index (κ1) is 25.2. The van der Waals surface area contributed by atoms with E-state index in [-0.39, 0.29) is 34.0 Å². The number of amides is 1. The molecule has 0 atom stereocenters. The zero-order valence-electron chi connectivity index (χ0n) is 18.4. The molecule has 0 saturated carbocycles. The first-order valence-corrected chi connectivity index (χ1v) is 11.1. The quantitative estimate of drug-likeness (QED) is 0.446. The maximum atomic E-state index is 13.7. The van der Waals surface area contributed by atoms with Gasteiger partial charge in [0.1, 0.15) is 17.5 Å². The van der Waals surface area contributed by atoms with Gasteiger partial charge in [-0.2, -0.15) is 17.5 Å². The van der Waals surface area contributed by atoms with Crippen molar-refractivity contribution >= 4 is 35.8 Å². The lowest BCUT2D eigenvalue weighted by Gasteiger charge is -2.33. The first-order chi connectivity index (χ1) is 15.4. The van der Waals surface area contributed by atoms with E-state index in [1.54, 1.807) is 23.1 Å². The van der Waals surface area contributed by atoms with Crippen LogP contribution in [0.2, 0.25) is 5.02 Å². The maximum Gasteiger partial charge on any atom is 0.417 e. The number of ether oxygens (including phenoxy) is 2. The molecule has 1 saturated heterocycles. The van der Waals surface area contributed by atoms with Crippen LogP contribution < -0.4 is 4.74 Å². The molecule has 10 heteroatoms. The van der Waals surface area contributed by atoms with Crippen molar-refractivity contribution in [3.05, 3.63) is 47.0 Å². The minimum atomic E-state index is -4.64. The Morgan fingerprint density at radius 1 is 1.15 bits per heavy atom. The molecule has 0 N–H and O–H groups in total. The Hall–Kier alpha value is -2.39. The van der Waals surface area contributed by atoms with E-state index in [1.807, 2.05) is 20.8 Å². The molecule has 0 aliphatic carbocycles. The number of carbonyl (C=O) groups excluding carboxylic acids is 1. The predicted octanol–water partition coefficient (Wildman–Crippen LogP) is 7.17. The first-order valence-electron chi connectivity index (χ1n) is 10.4. The molecule has 1 amide bonds. The summed E-state index contributed by atoms with van der Waals surface area (Å²) in [6, 6.07) is 8.55. The third kappa shape index (κ3) is 6.57. The second-order valence-electron chi connectivity index (χ2n) is 8.75. The van der Waals surface area contributed by atoms with E-state index in [0.29, 0.717) is 31.7 Å². The zero-order chi connectivity index (χ0) is 24.4. The lowest BCUT2D eigenvalue weighted by atomic mass is 9.98. The van der Waals surface area contributed by atoms with E-state index < -0.39 is 17.3 Å². The van der Waals surface area contributed by atoms with Gasteiger partial charge in [-0.05, 0) is 50.6 Å². The molecule has 3 rings (SSSR count). The Morgan fingerprint density at radius 3 is 2.39 bits per heavy atom. The van der Waals surface area contributed by atoms with Gasteiger partial charge in [0.15, 0.2) is 0 Å². The summed E-state index contributed by atoms with van der Waals surface area (Å²) in [5.74, 6) is 0.421.